The summed E-state index contributed by atoms with van der Waals surface area (Å²) in [5.74, 6) is 0. The Bertz CT molecular complexity index is 416. The van der Waals surface area contributed by atoms with Gasteiger partial charge in [-0.15, -0.1) is 0 Å². The Kier molecular flexibility index (Phi) is 2.09. The van der Waals surface area contributed by atoms with Gasteiger partial charge in [-0.1, -0.05) is 0 Å². The Morgan fingerprint density at radius 3 is 2.13 bits per heavy atom. The van der Waals surface area contributed by atoms with Crippen LogP contribution in [0.3, 0.4) is 0 Å². The molecule has 15 heavy (non-hydrogen) atoms. The third kappa shape index (κ3) is 1.77. The summed E-state index contributed by atoms with van der Waals surface area (Å²) in [4.78, 5) is 19.6. The van der Waals surface area contributed by atoms with Crippen LogP contribution < -0.4 is 0 Å². The topological polar surface area (TPSA) is 98.8 Å². The summed E-state index contributed by atoms with van der Waals surface area (Å²) in [6.45, 7) is 0. The SMILES string of the molecule is O=[N+]([O-])c1ccc(C2OC2[N+](=O)[O-])cc1. The zero-order valence-electron chi connectivity index (χ0n) is 7.40. The lowest BCUT2D eigenvalue weighted by molar-refractivity contribution is -0.516. The van der Waals surface area contributed by atoms with Crippen molar-refractivity contribution in [1.29, 1.82) is 0 Å². The van der Waals surface area contributed by atoms with Crippen molar-refractivity contribution in [3.05, 3.63) is 50.1 Å². The molecule has 1 saturated heterocycles. The van der Waals surface area contributed by atoms with Gasteiger partial charge in [-0.3, -0.25) is 25.0 Å². The van der Waals surface area contributed by atoms with Crippen LogP contribution in [-0.4, -0.2) is 16.1 Å². The summed E-state index contributed by atoms with van der Waals surface area (Å²) in [5.41, 5.74) is 0.541. The number of hydrogen-bond acceptors (Lipinski definition) is 5. The zero-order chi connectivity index (χ0) is 11.0. The Morgan fingerprint density at radius 1 is 1.13 bits per heavy atom. The molecule has 0 aliphatic carbocycles. The van der Waals surface area contributed by atoms with E-state index in [9.17, 15) is 20.2 Å². The molecule has 78 valence electrons. The fourth-order valence-electron chi connectivity index (χ4n) is 1.29. The number of rotatable bonds is 3. The summed E-state index contributed by atoms with van der Waals surface area (Å²) in [5, 5.41) is 20.6. The van der Waals surface area contributed by atoms with Crippen molar-refractivity contribution >= 4 is 5.69 Å². The minimum absolute atomic E-state index is 0.0444. The molecule has 1 aromatic carbocycles. The van der Waals surface area contributed by atoms with Gasteiger partial charge in [-0.25, -0.2) is 0 Å². The molecule has 1 aliphatic rings. The largest absolute Gasteiger partial charge is 0.347 e. The van der Waals surface area contributed by atoms with Crippen LogP contribution in [0.15, 0.2) is 24.3 Å². The number of nitro benzene ring substituents is 1. The fourth-order valence-corrected chi connectivity index (χ4v) is 1.29. The van der Waals surface area contributed by atoms with Gasteiger partial charge in [0.05, 0.1) is 9.85 Å². The normalized spacial score (nSPS) is 23.5. The second-order valence-electron chi connectivity index (χ2n) is 3.08. The summed E-state index contributed by atoms with van der Waals surface area (Å²) in [7, 11) is 0. The van der Waals surface area contributed by atoms with Crippen molar-refractivity contribution in [3.8, 4) is 0 Å². The monoisotopic (exact) mass is 210 g/mol. The molecule has 0 amide bonds. The quantitative estimate of drug-likeness (QED) is 0.425. The molecular weight excluding hydrogens is 204 g/mol. The molecule has 2 unspecified atom stereocenters. The first-order chi connectivity index (χ1) is 7.09. The first kappa shape index (κ1) is 9.53. The molecule has 1 fully saturated rings. The second kappa shape index (κ2) is 3.28. The molecule has 0 bridgehead atoms. The third-order valence-corrected chi connectivity index (χ3v) is 2.11. The number of non-ortho nitro benzene ring substituents is 1. The Labute approximate surface area is 83.6 Å². The molecule has 1 aromatic rings. The molecule has 2 rings (SSSR count). The van der Waals surface area contributed by atoms with Crippen molar-refractivity contribution in [2.45, 2.75) is 12.3 Å². The van der Waals surface area contributed by atoms with Crippen LogP contribution in [0.2, 0.25) is 0 Å². The van der Waals surface area contributed by atoms with Gasteiger partial charge in [0.2, 0.25) is 0 Å². The highest BCUT2D eigenvalue weighted by Gasteiger charge is 2.51. The van der Waals surface area contributed by atoms with Gasteiger partial charge in [-0.05, 0) is 17.7 Å². The summed E-state index contributed by atoms with van der Waals surface area (Å²) < 4.78 is 4.80. The molecule has 1 aliphatic heterocycles. The highest BCUT2D eigenvalue weighted by molar-refractivity contribution is 5.34. The van der Waals surface area contributed by atoms with Crippen molar-refractivity contribution in [1.82, 2.24) is 0 Å². The van der Waals surface area contributed by atoms with E-state index in [0.717, 1.165) is 0 Å². The summed E-state index contributed by atoms with van der Waals surface area (Å²) in [6, 6.07) is 5.53. The van der Waals surface area contributed by atoms with E-state index in [2.05, 4.69) is 0 Å². The van der Waals surface area contributed by atoms with E-state index in [1.807, 2.05) is 0 Å². The van der Waals surface area contributed by atoms with Crippen molar-refractivity contribution < 1.29 is 14.6 Å². The van der Waals surface area contributed by atoms with E-state index in [0.29, 0.717) is 5.56 Å². The number of nitrogens with zero attached hydrogens (tertiary/aromatic N) is 2. The van der Waals surface area contributed by atoms with Gasteiger partial charge < -0.3 is 0 Å². The van der Waals surface area contributed by atoms with Crippen LogP contribution in [0.4, 0.5) is 5.69 Å². The van der Waals surface area contributed by atoms with Crippen LogP contribution in [0.5, 0.6) is 0 Å². The van der Waals surface area contributed by atoms with Crippen LogP contribution in [0.1, 0.15) is 11.7 Å². The molecular formula is C8H6N2O5. The number of nitro groups is 2. The van der Waals surface area contributed by atoms with Crippen molar-refractivity contribution in [2.75, 3.05) is 0 Å². The van der Waals surface area contributed by atoms with Gasteiger partial charge in [0, 0.05) is 12.1 Å². The van der Waals surface area contributed by atoms with Crippen LogP contribution in [0.25, 0.3) is 0 Å². The molecule has 1 heterocycles. The van der Waals surface area contributed by atoms with Crippen molar-refractivity contribution in [2.24, 2.45) is 0 Å². The third-order valence-electron chi connectivity index (χ3n) is 2.11. The highest BCUT2D eigenvalue weighted by atomic mass is 16.7. The lowest BCUT2D eigenvalue weighted by atomic mass is 10.1. The van der Waals surface area contributed by atoms with Gasteiger partial charge in [0.15, 0.2) is 6.10 Å². The minimum atomic E-state index is -1.01. The standard InChI is InChI=1S/C8H6N2O5/c11-9(12)6-3-1-5(2-4-6)7-8(15-7)10(13)14/h1-4,7-8H. The molecule has 0 saturated carbocycles. The second-order valence-corrected chi connectivity index (χ2v) is 3.08. The molecule has 7 heteroatoms. The first-order valence-electron chi connectivity index (χ1n) is 4.13. The summed E-state index contributed by atoms with van der Waals surface area (Å²) in [6.07, 6.45) is -1.58. The minimum Gasteiger partial charge on any atom is -0.296 e. The smallest absolute Gasteiger partial charge is 0.296 e. The average molecular weight is 210 g/mol. The predicted octanol–water partition coefficient (Wildman–Crippen LogP) is 1.27. The maximum atomic E-state index is 10.3. The summed E-state index contributed by atoms with van der Waals surface area (Å²) >= 11 is 0. The van der Waals surface area contributed by atoms with E-state index in [1.165, 1.54) is 24.3 Å². The Morgan fingerprint density at radius 2 is 1.73 bits per heavy atom. The maximum absolute atomic E-state index is 10.3. The average Bonchev–Trinajstić information content (AvgIpc) is 2.97. The van der Waals surface area contributed by atoms with Gasteiger partial charge in [-0.2, -0.15) is 0 Å². The number of benzene rings is 1. The van der Waals surface area contributed by atoms with E-state index in [1.54, 1.807) is 0 Å². The van der Waals surface area contributed by atoms with E-state index in [4.69, 9.17) is 4.74 Å². The molecule has 0 radical (unpaired) electrons. The van der Waals surface area contributed by atoms with Gasteiger partial charge >= 0.3 is 6.23 Å². The molecule has 2 atom stereocenters. The zero-order valence-corrected chi connectivity index (χ0v) is 7.40. The van der Waals surface area contributed by atoms with Gasteiger partial charge in [0.1, 0.15) is 0 Å². The lowest BCUT2D eigenvalue weighted by Gasteiger charge is -1.93. The highest BCUT2D eigenvalue weighted by Crippen LogP contribution is 2.39. The number of ether oxygens (including phenoxy) is 1. The number of hydrogen-bond donors (Lipinski definition) is 0. The van der Waals surface area contributed by atoms with E-state index < -0.39 is 22.2 Å². The molecule has 0 N–H and O–H groups in total. The molecule has 0 spiro atoms. The first-order valence-corrected chi connectivity index (χ1v) is 4.13. The van der Waals surface area contributed by atoms with E-state index in [-0.39, 0.29) is 5.69 Å². The lowest BCUT2D eigenvalue weighted by Crippen LogP contribution is -2.03. The van der Waals surface area contributed by atoms with Crippen LogP contribution in [0, 0.1) is 20.2 Å². The molecule has 0 aromatic heterocycles. The Hall–Kier alpha value is -2.02. The molecule has 7 nitrogen and oxygen atoms in total. The predicted molar refractivity (Wildman–Crippen MR) is 47.7 cm³/mol. The van der Waals surface area contributed by atoms with Crippen molar-refractivity contribution in [3.63, 3.8) is 0 Å². The maximum Gasteiger partial charge on any atom is 0.347 e. The van der Waals surface area contributed by atoms with E-state index >= 15 is 0 Å². The van der Waals surface area contributed by atoms with Crippen LogP contribution >= 0.6 is 0 Å². The number of epoxide rings is 1. The van der Waals surface area contributed by atoms with Crippen LogP contribution in [-0.2, 0) is 4.74 Å². The van der Waals surface area contributed by atoms with Gasteiger partial charge in [0.25, 0.3) is 5.69 Å². The fraction of sp³-hybridized carbons (Fsp3) is 0.250. The Balaban J connectivity index is 2.12.